The maximum Gasteiger partial charge on any atom is 0.254 e. The number of hydrogen-bond donors (Lipinski definition) is 2. The second kappa shape index (κ2) is 7.66. The molecule has 0 spiro atoms. The highest BCUT2D eigenvalue weighted by atomic mass is 16.1. The predicted molar refractivity (Wildman–Crippen MR) is 73.4 cm³/mol. The zero-order chi connectivity index (χ0) is 13.4. The van der Waals surface area contributed by atoms with Crippen molar-refractivity contribution in [2.75, 3.05) is 31.9 Å². The maximum absolute atomic E-state index is 11.8. The molecule has 5 heteroatoms. The second-order valence-electron chi connectivity index (χ2n) is 4.10. The number of pyridine rings is 1. The van der Waals surface area contributed by atoms with E-state index in [2.05, 4.69) is 29.0 Å². The van der Waals surface area contributed by atoms with Gasteiger partial charge in [-0.3, -0.25) is 9.78 Å². The van der Waals surface area contributed by atoms with Crippen molar-refractivity contribution >= 4 is 11.6 Å². The molecule has 1 amide bonds. The first-order valence-corrected chi connectivity index (χ1v) is 6.39. The molecule has 0 aliphatic rings. The summed E-state index contributed by atoms with van der Waals surface area (Å²) in [6, 6.07) is 1.63. The number of carbonyl (C=O) groups is 1. The van der Waals surface area contributed by atoms with E-state index in [0.29, 0.717) is 17.8 Å². The highest BCUT2D eigenvalue weighted by molar-refractivity contribution is 5.98. The molecule has 0 unspecified atom stereocenters. The molecule has 3 N–H and O–H groups in total. The number of nitrogens with two attached hydrogens (primary N) is 1. The Morgan fingerprint density at radius 2 is 2.17 bits per heavy atom. The Bertz CT molecular complexity index is 377. The molecule has 0 aromatic carbocycles. The normalized spacial score (nSPS) is 10.6. The summed E-state index contributed by atoms with van der Waals surface area (Å²) in [7, 11) is 0. The van der Waals surface area contributed by atoms with E-state index in [1.165, 1.54) is 6.20 Å². The van der Waals surface area contributed by atoms with Gasteiger partial charge in [-0.05, 0) is 32.1 Å². The molecule has 5 nitrogen and oxygen atoms in total. The number of anilines is 1. The summed E-state index contributed by atoms with van der Waals surface area (Å²) in [4.78, 5) is 18.0. The molecule has 0 saturated carbocycles. The lowest BCUT2D eigenvalue weighted by Gasteiger charge is -2.17. The summed E-state index contributed by atoms with van der Waals surface area (Å²) in [6.45, 7) is 8.01. The third-order valence-electron chi connectivity index (χ3n) is 2.93. The van der Waals surface area contributed by atoms with Gasteiger partial charge in [0.05, 0.1) is 5.56 Å². The van der Waals surface area contributed by atoms with Crippen LogP contribution in [0.2, 0.25) is 0 Å². The number of carbonyl (C=O) groups excluding carboxylic acids is 1. The van der Waals surface area contributed by atoms with Crippen molar-refractivity contribution in [3.63, 3.8) is 0 Å². The highest BCUT2D eigenvalue weighted by Gasteiger charge is 2.08. The third kappa shape index (κ3) is 4.33. The van der Waals surface area contributed by atoms with Crippen molar-refractivity contribution in [3.8, 4) is 0 Å². The molecule has 1 aromatic rings. The van der Waals surface area contributed by atoms with E-state index in [9.17, 15) is 4.79 Å². The van der Waals surface area contributed by atoms with Crippen LogP contribution in [0, 0.1) is 0 Å². The van der Waals surface area contributed by atoms with Crippen LogP contribution in [0.5, 0.6) is 0 Å². The van der Waals surface area contributed by atoms with Crippen LogP contribution in [0.15, 0.2) is 18.5 Å². The van der Waals surface area contributed by atoms with Crippen molar-refractivity contribution < 1.29 is 4.79 Å². The first kappa shape index (κ1) is 14.4. The number of nitrogens with one attached hydrogen (secondary N) is 1. The van der Waals surface area contributed by atoms with Gasteiger partial charge in [-0.25, -0.2) is 0 Å². The minimum atomic E-state index is -0.153. The minimum Gasteiger partial charge on any atom is -0.398 e. The van der Waals surface area contributed by atoms with Gasteiger partial charge in [-0.15, -0.1) is 0 Å². The highest BCUT2D eigenvalue weighted by Crippen LogP contribution is 2.07. The van der Waals surface area contributed by atoms with Gasteiger partial charge in [-0.1, -0.05) is 13.8 Å². The summed E-state index contributed by atoms with van der Waals surface area (Å²) in [5, 5.41) is 2.86. The number of aromatic nitrogens is 1. The number of nitrogen functional groups attached to an aromatic ring is 1. The molecule has 0 saturated heterocycles. The van der Waals surface area contributed by atoms with Crippen LogP contribution in [0.25, 0.3) is 0 Å². The lowest BCUT2D eigenvalue weighted by molar-refractivity contribution is 0.0952. The van der Waals surface area contributed by atoms with Crippen LogP contribution in [0.3, 0.4) is 0 Å². The molecular formula is C13H22N4O. The van der Waals surface area contributed by atoms with E-state index >= 15 is 0 Å². The molecule has 0 fully saturated rings. The molecule has 0 radical (unpaired) electrons. The van der Waals surface area contributed by atoms with E-state index in [1.807, 2.05) is 0 Å². The summed E-state index contributed by atoms with van der Waals surface area (Å²) in [5.74, 6) is -0.153. The van der Waals surface area contributed by atoms with E-state index in [4.69, 9.17) is 5.73 Å². The molecule has 1 rings (SSSR count). The Labute approximate surface area is 108 Å². The lowest BCUT2D eigenvalue weighted by atomic mass is 10.2. The fourth-order valence-corrected chi connectivity index (χ4v) is 1.73. The van der Waals surface area contributed by atoms with Gasteiger partial charge in [0, 0.05) is 24.6 Å². The fraction of sp³-hybridized carbons (Fsp3) is 0.538. The zero-order valence-corrected chi connectivity index (χ0v) is 11.1. The van der Waals surface area contributed by atoms with E-state index in [1.54, 1.807) is 12.3 Å². The van der Waals surface area contributed by atoms with Gasteiger partial charge in [-0.2, -0.15) is 0 Å². The second-order valence-corrected chi connectivity index (χ2v) is 4.10. The van der Waals surface area contributed by atoms with Crippen molar-refractivity contribution in [1.29, 1.82) is 0 Å². The molecule has 0 aliphatic heterocycles. The quantitative estimate of drug-likeness (QED) is 0.712. The number of amides is 1. The minimum absolute atomic E-state index is 0.153. The number of hydrogen-bond acceptors (Lipinski definition) is 4. The van der Waals surface area contributed by atoms with Gasteiger partial charge in [0.2, 0.25) is 0 Å². The van der Waals surface area contributed by atoms with Crippen molar-refractivity contribution in [2.24, 2.45) is 0 Å². The van der Waals surface area contributed by atoms with E-state index < -0.39 is 0 Å². The Morgan fingerprint density at radius 1 is 1.44 bits per heavy atom. The van der Waals surface area contributed by atoms with Gasteiger partial charge < -0.3 is 16.0 Å². The Balaban J connectivity index is 2.32. The average Bonchev–Trinajstić information content (AvgIpc) is 2.39. The fourth-order valence-electron chi connectivity index (χ4n) is 1.73. The third-order valence-corrected chi connectivity index (χ3v) is 2.93. The Hall–Kier alpha value is -1.62. The van der Waals surface area contributed by atoms with Crippen LogP contribution in [-0.4, -0.2) is 42.0 Å². The zero-order valence-electron chi connectivity index (χ0n) is 11.1. The van der Waals surface area contributed by atoms with E-state index in [-0.39, 0.29) is 5.91 Å². The van der Waals surface area contributed by atoms with Gasteiger partial charge >= 0.3 is 0 Å². The molecule has 100 valence electrons. The summed E-state index contributed by atoms with van der Waals surface area (Å²) < 4.78 is 0. The van der Waals surface area contributed by atoms with Gasteiger partial charge in [0.25, 0.3) is 5.91 Å². The van der Waals surface area contributed by atoms with Crippen molar-refractivity contribution in [3.05, 3.63) is 24.0 Å². The molecule has 0 bridgehead atoms. The smallest absolute Gasteiger partial charge is 0.254 e. The molecule has 18 heavy (non-hydrogen) atoms. The van der Waals surface area contributed by atoms with Crippen LogP contribution in [0.4, 0.5) is 5.69 Å². The van der Waals surface area contributed by atoms with Gasteiger partial charge in [0.15, 0.2) is 0 Å². The molecule has 1 heterocycles. The van der Waals surface area contributed by atoms with E-state index in [0.717, 1.165) is 26.1 Å². The standard InChI is InChI=1S/C13H22N4O/c1-3-17(4-2)9-5-7-16-13(18)11-10-15-8-6-12(11)14/h6,8,10H,3-5,7,9H2,1-2H3,(H2,14,15)(H,16,18). The molecule has 0 atom stereocenters. The molecule has 0 aliphatic carbocycles. The monoisotopic (exact) mass is 250 g/mol. The van der Waals surface area contributed by atoms with Crippen LogP contribution < -0.4 is 11.1 Å². The first-order valence-electron chi connectivity index (χ1n) is 6.39. The first-order chi connectivity index (χ1) is 8.69. The lowest BCUT2D eigenvalue weighted by Crippen LogP contribution is -2.30. The summed E-state index contributed by atoms with van der Waals surface area (Å²) >= 11 is 0. The maximum atomic E-state index is 11.8. The SMILES string of the molecule is CCN(CC)CCCNC(=O)c1cnccc1N. The Kier molecular flexibility index (Phi) is 6.14. The summed E-state index contributed by atoms with van der Waals surface area (Å²) in [6.07, 6.45) is 4.01. The van der Waals surface area contributed by atoms with Crippen molar-refractivity contribution in [2.45, 2.75) is 20.3 Å². The number of rotatable bonds is 7. The van der Waals surface area contributed by atoms with Gasteiger partial charge in [0.1, 0.15) is 0 Å². The van der Waals surface area contributed by atoms with Crippen LogP contribution >= 0.6 is 0 Å². The Morgan fingerprint density at radius 3 is 2.78 bits per heavy atom. The summed E-state index contributed by atoms with van der Waals surface area (Å²) in [5.41, 5.74) is 6.62. The largest absolute Gasteiger partial charge is 0.398 e. The number of nitrogens with zero attached hydrogens (tertiary/aromatic N) is 2. The van der Waals surface area contributed by atoms with Crippen molar-refractivity contribution in [1.82, 2.24) is 15.2 Å². The molecule has 1 aromatic heterocycles. The average molecular weight is 250 g/mol. The van der Waals surface area contributed by atoms with Crippen LogP contribution in [0.1, 0.15) is 30.6 Å². The van der Waals surface area contributed by atoms with Crippen LogP contribution in [-0.2, 0) is 0 Å². The predicted octanol–water partition coefficient (Wildman–Crippen LogP) is 1.13. The molecular weight excluding hydrogens is 228 g/mol. The topological polar surface area (TPSA) is 71.2 Å².